The first-order chi connectivity index (χ1) is 13.1. The van der Waals surface area contributed by atoms with Crippen molar-refractivity contribution in [3.8, 4) is 16.8 Å². The summed E-state index contributed by atoms with van der Waals surface area (Å²) in [7, 11) is 0. The zero-order valence-corrected chi connectivity index (χ0v) is 16.4. The van der Waals surface area contributed by atoms with Crippen molar-refractivity contribution in [1.82, 2.24) is 15.3 Å². The molecular weight excluding hydrogens is 376 g/mol. The normalized spacial score (nSPS) is 15.9. The van der Waals surface area contributed by atoms with Gasteiger partial charge >= 0.3 is 0 Å². The molecule has 3 aromatic rings. The molecule has 5 nitrogen and oxygen atoms in total. The SMILES string of the molecule is C[C@](C#N)(NC(=O)CSc1nc(-c2cccs2)nc2ccccc12)C1CC1. The summed E-state index contributed by atoms with van der Waals surface area (Å²) >= 11 is 2.97. The molecule has 1 aliphatic carbocycles. The van der Waals surface area contributed by atoms with Crippen LogP contribution in [0, 0.1) is 17.2 Å². The van der Waals surface area contributed by atoms with E-state index in [1.165, 1.54) is 11.8 Å². The largest absolute Gasteiger partial charge is 0.337 e. The summed E-state index contributed by atoms with van der Waals surface area (Å²) in [6.45, 7) is 1.81. The lowest BCUT2D eigenvalue weighted by Gasteiger charge is -2.22. The molecule has 1 aliphatic rings. The Morgan fingerprint density at radius 3 is 2.85 bits per heavy atom. The van der Waals surface area contributed by atoms with Crippen LogP contribution in [0.5, 0.6) is 0 Å². The number of aromatic nitrogens is 2. The third-order valence-corrected chi connectivity index (χ3v) is 6.53. The van der Waals surface area contributed by atoms with Gasteiger partial charge in [-0.25, -0.2) is 9.97 Å². The number of carbonyl (C=O) groups excluding carboxylic acids is 1. The summed E-state index contributed by atoms with van der Waals surface area (Å²) in [5.74, 6) is 1.01. The number of thioether (sulfide) groups is 1. The minimum absolute atomic E-state index is 0.142. The molecule has 2 aromatic heterocycles. The molecule has 0 radical (unpaired) electrons. The maximum atomic E-state index is 12.4. The Morgan fingerprint density at radius 1 is 1.33 bits per heavy atom. The van der Waals surface area contributed by atoms with Gasteiger partial charge in [0, 0.05) is 5.39 Å². The number of para-hydroxylation sites is 1. The number of hydrogen-bond acceptors (Lipinski definition) is 6. The first-order valence-electron chi connectivity index (χ1n) is 8.75. The Bertz CT molecular complexity index is 1020. The molecular formula is C20H18N4OS2. The molecule has 2 heterocycles. The summed E-state index contributed by atoms with van der Waals surface area (Å²) in [5, 5.41) is 16.0. The van der Waals surface area contributed by atoms with E-state index in [1.54, 1.807) is 11.3 Å². The first kappa shape index (κ1) is 18.0. The first-order valence-corrected chi connectivity index (χ1v) is 10.6. The van der Waals surface area contributed by atoms with Gasteiger partial charge in [-0.3, -0.25) is 4.79 Å². The highest BCUT2D eigenvalue weighted by Crippen LogP contribution is 2.39. The molecule has 1 fully saturated rings. The van der Waals surface area contributed by atoms with Crippen LogP contribution < -0.4 is 5.32 Å². The highest BCUT2D eigenvalue weighted by atomic mass is 32.2. The van der Waals surface area contributed by atoms with Crippen molar-refractivity contribution in [2.75, 3.05) is 5.75 Å². The van der Waals surface area contributed by atoms with Gasteiger partial charge in [0.25, 0.3) is 0 Å². The highest BCUT2D eigenvalue weighted by Gasteiger charge is 2.42. The summed E-state index contributed by atoms with van der Waals surface area (Å²) in [6.07, 6.45) is 2.00. The zero-order chi connectivity index (χ0) is 18.9. The summed E-state index contributed by atoms with van der Waals surface area (Å²) in [4.78, 5) is 22.8. The number of nitrogens with one attached hydrogen (secondary N) is 1. The van der Waals surface area contributed by atoms with E-state index in [9.17, 15) is 10.1 Å². The molecule has 0 bridgehead atoms. The number of benzene rings is 1. The van der Waals surface area contributed by atoms with E-state index in [0.717, 1.165) is 33.6 Å². The summed E-state index contributed by atoms with van der Waals surface area (Å²) in [5.41, 5.74) is 0.0895. The van der Waals surface area contributed by atoms with Gasteiger partial charge in [0.05, 0.1) is 22.2 Å². The van der Waals surface area contributed by atoms with Crippen molar-refractivity contribution in [1.29, 1.82) is 5.26 Å². The van der Waals surface area contributed by atoms with Crippen molar-refractivity contribution >= 4 is 39.9 Å². The molecule has 1 saturated carbocycles. The van der Waals surface area contributed by atoms with Gasteiger partial charge in [-0.1, -0.05) is 36.0 Å². The van der Waals surface area contributed by atoms with Crippen molar-refractivity contribution in [3.63, 3.8) is 0 Å². The van der Waals surface area contributed by atoms with Crippen LogP contribution in [0.1, 0.15) is 19.8 Å². The minimum atomic E-state index is -0.770. The Kier molecular flexibility index (Phi) is 4.85. The molecule has 27 heavy (non-hydrogen) atoms. The van der Waals surface area contributed by atoms with E-state index >= 15 is 0 Å². The van der Waals surface area contributed by atoms with E-state index in [1.807, 2.05) is 48.7 Å². The summed E-state index contributed by atoms with van der Waals surface area (Å²) < 4.78 is 0. The van der Waals surface area contributed by atoms with Crippen LogP contribution in [0.25, 0.3) is 21.6 Å². The van der Waals surface area contributed by atoms with Crippen molar-refractivity contribution < 1.29 is 4.79 Å². The Morgan fingerprint density at radius 2 is 2.15 bits per heavy atom. The lowest BCUT2D eigenvalue weighted by atomic mass is 9.98. The molecule has 0 unspecified atom stereocenters. The number of amides is 1. The molecule has 1 aromatic carbocycles. The van der Waals surface area contributed by atoms with Crippen LogP contribution in [0.2, 0.25) is 0 Å². The molecule has 0 aliphatic heterocycles. The molecule has 1 amide bonds. The predicted octanol–water partition coefficient (Wildman–Crippen LogP) is 4.26. The Hall–Kier alpha value is -2.43. The Labute approximate surface area is 165 Å². The number of hydrogen-bond donors (Lipinski definition) is 1. The average molecular weight is 395 g/mol. The second kappa shape index (κ2) is 7.29. The van der Waals surface area contributed by atoms with Crippen LogP contribution in [0.15, 0.2) is 46.8 Å². The third-order valence-electron chi connectivity index (χ3n) is 4.67. The van der Waals surface area contributed by atoms with Crippen LogP contribution in [-0.2, 0) is 4.79 Å². The number of carbonyl (C=O) groups is 1. The lowest BCUT2D eigenvalue weighted by molar-refractivity contribution is -0.119. The fourth-order valence-corrected chi connectivity index (χ4v) is 4.49. The van der Waals surface area contributed by atoms with Crippen LogP contribution in [-0.4, -0.2) is 27.2 Å². The predicted molar refractivity (Wildman–Crippen MR) is 108 cm³/mol. The second-order valence-corrected chi connectivity index (χ2v) is 8.68. The molecule has 4 rings (SSSR count). The van der Waals surface area contributed by atoms with E-state index < -0.39 is 5.54 Å². The van der Waals surface area contributed by atoms with Gasteiger partial charge in [0.15, 0.2) is 5.82 Å². The van der Waals surface area contributed by atoms with Crippen LogP contribution in [0.3, 0.4) is 0 Å². The Balaban J connectivity index is 1.56. The topological polar surface area (TPSA) is 78.7 Å². The smallest absolute Gasteiger partial charge is 0.231 e. The number of fused-ring (bicyclic) bond motifs is 1. The molecule has 7 heteroatoms. The molecule has 1 N–H and O–H groups in total. The fourth-order valence-electron chi connectivity index (χ4n) is 3.02. The maximum absolute atomic E-state index is 12.4. The third kappa shape index (κ3) is 3.82. The van der Waals surface area contributed by atoms with Crippen molar-refractivity contribution in [2.45, 2.75) is 30.3 Å². The van der Waals surface area contributed by atoms with Gasteiger partial charge < -0.3 is 5.32 Å². The lowest BCUT2D eigenvalue weighted by Crippen LogP contribution is -2.47. The second-order valence-electron chi connectivity index (χ2n) is 6.77. The number of nitriles is 1. The number of rotatable bonds is 6. The molecule has 0 saturated heterocycles. The van der Waals surface area contributed by atoms with E-state index in [0.29, 0.717) is 5.82 Å². The van der Waals surface area contributed by atoms with E-state index in [4.69, 9.17) is 4.98 Å². The average Bonchev–Trinajstić information content (AvgIpc) is 3.41. The van der Waals surface area contributed by atoms with Crippen molar-refractivity contribution in [2.24, 2.45) is 5.92 Å². The van der Waals surface area contributed by atoms with Crippen LogP contribution >= 0.6 is 23.1 Å². The van der Waals surface area contributed by atoms with Gasteiger partial charge in [0.2, 0.25) is 5.91 Å². The van der Waals surface area contributed by atoms with E-state index in [2.05, 4.69) is 16.4 Å². The van der Waals surface area contributed by atoms with Gasteiger partial charge in [-0.05, 0) is 43.2 Å². The van der Waals surface area contributed by atoms with Gasteiger partial charge in [0.1, 0.15) is 10.6 Å². The number of thiophene rings is 1. The van der Waals surface area contributed by atoms with Gasteiger partial charge in [-0.2, -0.15) is 5.26 Å². The van der Waals surface area contributed by atoms with Crippen LogP contribution in [0.4, 0.5) is 0 Å². The molecule has 0 spiro atoms. The monoisotopic (exact) mass is 394 g/mol. The molecule has 136 valence electrons. The maximum Gasteiger partial charge on any atom is 0.231 e. The van der Waals surface area contributed by atoms with E-state index in [-0.39, 0.29) is 17.6 Å². The van der Waals surface area contributed by atoms with Crippen molar-refractivity contribution in [3.05, 3.63) is 41.8 Å². The van der Waals surface area contributed by atoms with Gasteiger partial charge in [-0.15, -0.1) is 11.3 Å². The minimum Gasteiger partial charge on any atom is -0.337 e. The standard InChI is InChI=1S/C20H18N4OS2/c1-20(12-21,13-8-9-13)24-17(25)11-27-19-14-5-2-3-6-15(14)22-18(23-19)16-7-4-10-26-16/h2-7,10,13H,8-9,11H2,1H3,(H,24,25)/t20-/m1/s1. The molecule has 1 atom stereocenters. The number of nitrogens with zero attached hydrogens (tertiary/aromatic N) is 3. The zero-order valence-electron chi connectivity index (χ0n) is 14.8. The summed E-state index contributed by atoms with van der Waals surface area (Å²) in [6, 6.07) is 14.0. The fraction of sp³-hybridized carbons (Fsp3) is 0.300. The highest BCUT2D eigenvalue weighted by molar-refractivity contribution is 8.00. The quantitative estimate of drug-likeness (QED) is 0.499.